The molecular weight excluding hydrogens is 240 g/mol. The highest BCUT2D eigenvalue weighted by molar-refractivity contribution is 5.85. The lowest BCUT2D eigenvalue weighted by molar-refractivity contribution is -0.146. The van der Waals surface area contributed by atoms with Gasteiger partial charge in [0.1, 0.15) is 0 Å². The summed E-state index contributed by atoms with van der Waals surface area (Å²) in [5.74, 6) is 1.15. The Labute approximate surface area is 109 Å². The number of rotatable bonds is 3. The van der Waals surface area contributed by atoms with E-state index in [2.05, 4.69) is 24.1 Å². The topological polar surface area (TPSA) is 41.6 Å². The first-order valence-corrected chi connectivity index (χ1v) is 6.27. The minimum absolute atomic E-state index is 0. The van der Waals surface area contributed by atoms with Crippen LogP contribution >= 0.6 is 12.4 Å². The number of hydrogen-bond donors (Lipinski definition) is 1. The zero-order valence-corrected chi connectivity index (χ0v) is 11.5. The molecule has 0 saturated carbocycles. The van der Waals surface area contributed by atoms with E-state index in [1.54, 1.807) is 0 Å². The molecule has 0 aromatic rings. The van der Waals surface area contributed by atoms with Crippen molar-refractivity contribution >= 4 is 18.3 Å². The van der Waals surface area contributed by atoms with Gasteiger partial charge in [-0.05, 0) is 12.3 Å². The largest absolute Gasteiger partial charge is 0.377 e. The molecule has 1 amide bonds. The third kappa shape index (κ3) is 3.57. The first-order chi connectivity index (χ1) is 7.68. The van der Waals surface area contributed by atoms with Gasteiger partial charge in [-0.3, -0.25) is 4.79 Å². The number of nitrogens with one attached hydrogen (secondary N) is 1. The van der Waals surface area contributed by atoms with Gasteiger partial charge in [0.25, 0.3) is 0 Å². The van der Waals surface area contributed by atoms with Crippen LogP contribution < -0.4 is 5.32 Å². The molecule has 100 valence electrons. The molecule has 5 heteroatoms. The number of carbonyl (C=O) groups is 1. The highest BCUT2D eigenvalue weighted by Gasteiger charge is 2.34. The van der Waals surface area contributed by atoms with Crippen molar-refractivity contribution in [2.45, 2.75) is 26.3 Å². The first kappa shape index (κ1) is 14.7. The van der Waals surface area contributed by atoms with Gasteiger partial charge in [-0.1, -0.05) is 13.8 Å². The van der Waals surface area contributed by atoms with Gasteiger partial charge in [-0.2, -0.15) is 0 Å². The predicted octanol–water partition coefficient (Wildman–Crippen LogP) is 0.901. The Balaban J connectivity index is 0.00000144. The second-order valence-electron chi connectivity index (χ2n) is 5.25. The van der Waals surface area contributed by atoms with Crippen LogP contribution in [0.2, 0.25) is 0 Å². The standard InChI is InChI=1S/C12H22N2O2.ClH/c1-9(2)5-11-8-16-4-3-14(11)12(15)10-6-13-7-10;/h9-11,13H,3-8H2,1-2H3;1H. The van der Waals surface area contributed by atoms with E-state index in [9.17, 15) is 4.79 Å². The highest BCUT2D eigenvalue weighted by Crippen LogP contribution is 2.19. The second-order valence-corrected chi connectivity index (χ2v) is 5.25. The van der Waals surface area contributed by atoms with Gasteiger partial charge in [-0.25, -0.2) is 0 Å². The average Bonchev–Trinajstić information content (AvgIpc) is 2.14. The van der Waals surface area contributed by atoms with Crippen LogP contribution in [0.4, 0.5) is 0 Å². The second kappa shape index (κ2) is 6.57. The summed E-state index contributed by atoms with van der Waals surface area (Å²) >= 11 is 0. The fourth-order valence-electron chi connectivity index (χ4n) is 2.38. The van der Waals surface area contributed by atoms with Crippen molar-refractivity contribution in [3.05, 3.63) is 0 Å². The quantitative estimate of drug-likeness (QED) is 0.822. The molecule has 1 atom stereocenters. The third-order valence-electron chi connectivity index (χ3n) is 3.38. The SMILES string of the molecule is CC(C)CC1COCCN1C(=O)C1CNC1.Cl. The Morgan fingerprint density at radius 3 is 2.71 bits per heavy atom. The van der Waals surface area contributed by atoms with Gasteiger partial charge in [0.05, 0.1) is 25.2 Å². The Kier molecular flexibility index (Phi) is 5.70. The maximum atomic E-state index is 12.2. The number of halogens is 1. The van der Waals surface area contributed by atoms with Crippen LogP contribution in [-0.2, 0) is 9.53 Å². The van der Waals surface area contributed by atoms with Crippen LogP contribution in [0.25, 0.3) is 0 Å². The number of nitrogens with zero attached hydrogens (tertiary/aromatic N) is 1. The van der Waals surface area contributed by atoms with E-state index in [1.165, 1.54) is 0 Å². The molecule has 0 aromatic carbocycles. The lowest BCUT2D eigenvalue weighted by Gasteiger charge is -2.40. The summed E-state index contributed by atoms with van der Waals surface area (Å²) in [6, 6.07) is 0.293. The van der Waals surface area contributed by atoms with Crippen LogP contribution in [0.15, 0.2) is 0 Å². The number of hydrogen-bond acceptors (Lipinski definition) is 3. The normalized spacial score (nSPS) is 25.4. The Morgan fingerprint density at radius 1 is 1.47 bits per heavy atom. The maximum Gasteiger partial charge on any atom is 0.228 e. The molecule has 0 aliphatic carbocycles. The van der Waals surface area contributed by atoms with Crippen LogP contribution in [0.1, 0.15) is 20.3 Å². The fraction of sp³-hybridized carbons (Fsp3) is 0.917. The van der Waals surface area contributed by atoms with E-state index in [0.717, 1.165) is 26.1 Å². The van der Waals surface area contributed by atoms with Gasteiger partial charge in [-0.15, -0.1) is 12.4 Å². The summed E-state index contributed by atoms with van der Waals surface area (Å²) in [5.41, 5.74) is 0. The summed E-state index contributed by atoms with van der Waals surface area (Å²) in [6.45, 7) is 8.27. The van der Waals surface area contributed by atoms with Crippen molar-refractivity contribution in [3.8, 4) is 0 Å². The number of ether oxygens (including phenoxy) is 1. The van der Waals surface area contributed by atoms with Crippen LogP contribution in [-0.4, -0.2) is 49.7 Å². The molecule has 2 rings (SSSR count). The van der Waals surface area contributed by atoms with E-state index in [1.807, 2.05) is 0 Å². The molecule has 0 spiro atoms. The number of amides is 1. The molecule has 0 aromatic heterocycles. The van der Waals surface area contributed by atoms with E-state index in [0.29, 0.717) is 31.1 Å². The Morgan fingerprint density at radius 2 is 2.18 bits per heavy atom. The smallest absolute Gasteiger partial charge is 0.228 e. The molecule has 2 fully saturated rings. The van der Waals surface area contributed by atoms with Gasteiger partial charge in [0, 0.05) is 19.6 Å². The molecular formula is C12H23ClN2O2. The molecule has 1 N–H and O–H groups in total. The molecule has 0 bridgehead atoms. The van der Waals surface area contributed by atoms with Gasteiger partial charge < -0.3 is 15.0 Å². The zero-order chi connectivity index (χ0) is 11.5. The molecule has 0 radical (unpaired) electrons. The van der Waals surface area contributed by atoms with Crippen molar-refractivity contribution in [2.24, 2.45) is 11.8 Å². The summed E-state index contributed by atoms with van der Waals surface area (Å²) < 4.78 is 5.49. The molecule has 1 unspecified atom stereocenters. The van der Waals surface area contributed by atoms with Gasteiger partial charge in [0.2, 0.25) is 5.91 Å². The minimum Gasteiger partial charge on any atom is -0.377 e. The van der Waals surface area contributed by atoms with Crippen LogP contribution in [0, 0.1) is 11.8 Å². The summed E-state index contributed by atoms with van der Waals surface area (Å²) in [5, 5.41) is 3.16. The Bertz CT molecular complexity index is 257. The van der Waals surface area contributed by atoms with E-state index in [-0.39, 0.29) is 18.3 Å². The first-order valence-electron chi connectivity index (χ1n) is 6.27. The summed E-state index contributed by atoms with van der Waals surface area (Å²) in [6.07, 6.45) is 1.05. The van der Waals surface area contributed by atoms with Gasteiger partial charge in [0.15, 0.2) is 0 Å². The zero-order valence-electron chi connectivity index (χ0n) is 10.6. The highest BCUT2D eigenvalue weighted by atomic mass is 35.5. The van der Waals surface area contributed by atoms with Gasteiger partial charge >= 0.3 is 0 Å². The number of carbonyl (C=O) groups excluding carboxylic acids is 1. The van der Waals surface area contributed by atoms with Crippen molar-refractivity contribution < 1.29 is 9.53 Å². The molecule has 2 aliphatic heterocycles. The van der Waals surface area contributed by atoms with Crippen molar-refractivity contribution in [3.63, 3.8) is 0 Å². The molecule has 17 heavy (non-hydrogen) atoms. The van der Waals surface area contributed by atoms with Crippen molar-refractivity contribution in [1.29, 1.82) is 0 Å². The lowest BCUT2D eigenvalue weighted by atomic mass is 9.97. The minimum atomic E-state index is 0. The monoisotopic (exact) mass is 262 g/mol. The predicted molar refractivity (Wildman–Crippen MR) is 69.4 cm³/mol. The molecule has 2 heterocycles. The summed E-state index contributed by atoms with van der Waals surface area (Å²) in [4.78, 5) is 14.3. The van der Waals surface area contributed by atoms with Crippen LogP contribution in [0.3, 0.4) is 0 Å². The number of morpholine rings is 1. The van der Waals surface area contributed by atoms with Crippen molar-refractivity contribution in [1.82, 2.24) is 10.2 Å². The van der Waals surface area contributed by atoms with Crippen LogP contribution in [0.5, 0.6) is 0 Å². The maximum absolute atomic E-state index is 12.2. The molecule has 2 saturated heterocycles. The van der Waals surface area contributed by atoms with Crippen molar-refractivity contribution in [2.75, 3.05) is 32.8 Å². The fourth-order valence-corrected chi connectivity index (χ4v) is 2.38. The molecule has 2 aliphatic rings. The van der Waals surface area contributed by atoms with E-state index < -0.39 is 0 Å². The summed E-state index contributed by atoms with van der Waals surface area (Å²) in [7, 11) is 0. The Hall–Kier alpha value is -0.320. The van der Waals surface area contributed by atoms with E-state index in [4.69, 9.17) is 4.74 Å². The molecule has 4 nitrogen and oxygen atoms in total. The van der Waals surface area contributed by atoms with E-state index >= 15 is 0 Å². The lowest BCUT2D eigenvalue weighted by Crippen LogP contribution is -2.57. The average molecular weight is 263 g/mol. The third-order valence-corrected chi connectivity index (χ3v) is 3.38.